The molecular formula is C14H26O. The van der Waals surface area contributed by atoms with Crippen LogP contribution in [-0.2, 0) is 4.74 Å². The van der Waals surface area contributed by atoms with Gasteiger partial charge in [0.15, 0.2) is 0 Å². The van der Waals surface area contributed by atoms with Gasteiger partial charge in [-0.3, -0.25) is 0 Å². The van der Waals surface area contributed by atoms with Crippen LogP contribution in [0.5, 0.6) is 0 Å². The molecule has 0 aliphatic heterocycles. The summed E-state index contributed by atoms with van der Waals surface area (Å²) in [6, 6.07) is 0. The van der Waals surface area contributed by atoms with E-state index in [1.807, 2.05) is 0 Å². The largest absolute Gasteiger partial charge is 0.373 e. The first-order chi connectivity index (χ1) is 7.31. The van der Waals surface area contributed by atoms with Crippen LogP contribution >= 0.6 is 0 Å². The van der Waals surface area contributed by atoms with Crippen LogP contribution in [0.25, 0.3) is 0 Å². The van der Waals surface area contributed by atoms with Gasteiger partial charge in [-0.05, 0) is 12.8 Å². The van der Waals surface area contributed by atoms with Gasteiger partial charge in [0.1, 0.15) is 0 Å². The van der Waals surface area contributed by atoms with Crippen LogP contribution in [-0.4, -0.2) is 13.2 Å². The Balaban J connectivity index is 3.13. The highest BCUT2D eigenvalue weighted by atomic mass is 16.5. The predicted molar refractivity (Wildman–Crippen MR) is 68.1 cm³/mol. The fourth-order valence-electron chi connectivity index (χ4n) is 1.51. The molecule has 1 nitrogen and oxygen atoms in total. The van der Waals surface area contributed by atoms with Crippen molar-refractivity contribution in [3.63, 3.8) is 0 Å². The van der Waals surface area contributed by atoms with Crippen LogP contribution in [0.1, 0.15) is 51.9 Å². The second-order valence-electron chi connectivity index (χ2n) is 4.07. The average Bonchev–Trinajstić information content (AvgIpc) is 2.23. The van der Waals surface area contributed by atoms with Crippen LogP contribution < -0.4 is 0 Å². The minimum absolute atomic E-state index is 0.634. The van der Waals surface area contributed by atoms with E-state index < -0.39 is 0 Å². The normalized spacial score (nSPS) is 10.2. The molecule has 0 saturated heterocycles. The SMILES string of the molecule is C=CCOCC(=C)CCCCCCCC. The van der Waals surface area contributed by atoms with Crippen molar-refractivity contribution < 1.29 is 4.74 Å². The molecule has 0 radical (unpaired) electrons. The number of rotatable bonds is 11. The molecule has 0 fully saturated rings. The lowest BCUT2D eigenvalue weighted by atomic mass is 10.1. The maximum atomic E-state index is 5.32. The summed E-state index contributed by atoms with van der Waals surface area (Å²) in [5, 5.41) is 0. The maximum Gasteiger partial charge on any atom is 0.0678 e. The maximum absolute atomic E-state index is 5.32. The first kappa shape index (κ1) is 14.4. The Hall–Kier alpha value is -0.560. The topological polar surface area (TPSA) is 9.23 Å². The zero-order valence-electron chi connectivity index (χ0n) is 10.3. The van der Waals surface area contributed by atoms with Crippen molar-refractivity contribution in [1.29, 1.82) is 0 Å². The van der Waals surface area contributed by atoms with E-state index >= 15 is 0 Å². The smallest absolute Gasteiger partial charge is 0.0678 e. The summed E-state index contributed by atoms with van der Waals surface area (Å²) in [5.41, 5.74) is 1.22. The van der Waals surface area contributed by atoms with Gasteiger partial charge in [0.2, 0.25) is 0 Å². The van der Waals surface area contributed by atoms with Crippen LogP contribution in [0.15, 0.2) is 24.8 Å². The van der Waals surface area contributed by atoms with Crippen molar-refractivity contribution in [2.45, 2.75) is 51.9 Å². The molecule has 0 spiro atoms. The second-order valence-corrected chi connectivity index (χ2v) is 4.07. The molecule has 0 bridgehead atoms. The highest BCUT2D eigenvalue weighted by Crippen LogP contribution is 2.10. The molecule has 88 valence electrons. The molecule has 0 atom stereocenters. The zero-order valence-corrected chi connectivity index (χ0v) is 10.3. The zero-order chi connectivity index (χ0) is 11.4. The van der Waals surface area contributed by atoms with E-state index in [0.29, 0.717) is 13.2 Å². The quantitative estimate of drug-likeness (QED) is 0.360. The summed E-state index contributed by atoms with van der Waals surface area (Å²) in [7, 11) is 0. The molecule has 0 aromatic rings. The molecule has 0 heterocycles. The molecule has 0 aromatic heterocycles. The third-order valence-electron chi connectivity index (χ3n) is 2.43. The van der Waals surface area contributed by atoms with Crippen molar-refractivity contribution in [2.75, 3.05) is 13.2 Å². The van der Waals surface area contributed by atoms with Crippen LogP contribution in [0.4, 0.5) is 0 Å². The molecule has 15 heavy (non-hydrogen) atoms. The Bertz CT molecular complexity index is 161. The van der Waals surface area contributed by atoms with E-state index in [9.17, 15) is 0 Å². The van der Waals surface area contributed by atoms with Gasteiger partial charge in [0.05, 0.1) is 13.2 Å². The van der Waals surface area contributed by atoms with Crippen LogP contribution in [0.2, 0.25) is 0 Å². The van der Waals surface area contributed by atoms with E-state index in [0.717, 1.165) is 6.42 Å². The molecule has 0 aromatic carbocycles. The molecule has 0 amide bonds. The van der Waals surface area contributed by atoms with Gasteiger partial charge >= 0.3 is 0 Å². The molecule has 0 N–H and O–H groups in total. The van der Waals surface area contributed by atoms with E-state index in [1.165, 1.54) is 44.1 Å². The van der Waals surface area contributed by atoms with E-state index in [1.54, 1.807) is 6.08 Å². The van der Waals surface area contributed by atoms with Crippen molar-refractivity contribution in [1.82, 2.24) is 0 Å². The molecular weight excluding hydrogens is 184 g/mol. The Kier molecular flexibility index (Phi) is 11.1. The highest BCUT2D eigenvalue weighted by molar-refractivity contribution is 4.94. The lowest BCUT2D eigenvalue weighted by Gasteiger charge is -2.05. The monoisotopic (exact) mass is 210 g/mol. The number of hydrogen-bond donors (Lipinski definition) is 0. The fourth-order valence-corrected chi connectivity index (χ4v) is 1.51. The van der Waals surface area contributed by atoms with Gasteiger partial charge in [-0.1, -0.05) is 57.3 Å². The van der Waals surface area contributed by atoms with Gasteiger partial charge < -0.3 is 4.74 Å². The van der Waals surface area contributed by atoms with Gasteiger partial charge in [-0.2, -0.15) is 0 Å². The predicted octanol–water partition coefficient (Wildman–Crippen LogP) is 4.50. The van der Waals surface area contributed by atoms with E-state index in [2.05, 4.69) is 20.1 Å². The molecule has 0 aliphatic rings. The van der Waals surface area contributed by atoms with Crippen molar-refractivity contribution in [3.05, 3.63) is 24.8 Å². The fraction of sp³-hybridized carbons (Fsp3) is 0.714. The number of unbranched alkanes of at least 4 members (excludes halogenated alkanes) is 5. The Morgan fingerprint density at radius 3 is 2.47 bits per heavy atom. The summed E-state index contributed by atoms with van der Waals surface area (Å²) < 4.78 is 5.32. The third-order valence-corrected chi connectivity index (χ3v) is 2.43. The molecule has 0 rings (SSSR count). The van der Waals surface area contributed by atoms with Crippen molar-refractivity contribution in [2.24, 2.45) is 0 Å². The van der Waals surface area contributed by atoms with Crippen LogP contribution in [0, 0.1) is 0 Å². The molecule has 0 aliphatic carbocycles. The van der Waals surface area contributed by atoms with Crippen molar-refractivity contribution in [3.8, 4) is 0 Å². The van der Waals surface area contributed by atoms with Gasteiger partial charge in [0, 0.05) is 0 Å². The summed E-state index contributed by atoms with van der Waals surface area (Å²) >= 11 is 0. The minimum atomic E-state index is 0.634. The average molecular weight is 210 g/mol. The Labute approximate surface area is 95.2 Å². The Morgan fingerprint density at radius 1 is 1.13 bits per heavy atom. The van der Waals surface area contributed by atoms with Gasteiger partial charge in [0.25, 0.3) is 0 Å². The number of hydrogen-bond acceptors (Lipinski definition) is 1. The van der Waals surface area contributed by atoms with Gasteiger partial charge in [-0.15, -0.1) is 6.58 Å². The Morgan fingerprint density at radius 2 is 1.80 bits per heavy atom. The second kappa shape index (κ2) is 11.5. The first-order valence-corrected chi connectivity index (χ1v) is 6.16. The van der Waals surface area contributed by atoms with Crippen LogP contribution in [0.3, 0.4) is 0 Å². The highest BCUT2D eigenvalue weighted by Gasteiger charge is 1.95. The molecule has 0 saturated carbocycles. The first-order valence-electron chi connectivity index (χ1n) is 6.16. The summed E-state index contributed by atoms with van der Waals surface area (Å²) in [6.07, 6.45) is 10.9. The van der Waals surface area contributed by atoms with Crippen molar-refractivity contribution >= 4 is 0 Å². The minimum Gasteiger partial charge on any atom is -0.373 e. The third kappa shape index (κ3) is 11.4. The lowest BCUT2D eigenvalue weighted by Crippen LogP contribution is -1.97. The summed E-state index contributed by atoms with van der Waals surface area (Å²) in [4.78, 5) is 0. The van der Waals surface area contributed by atoms with E-state index in [-0.39, 0.29) is 0 Å². The standard InChI is InChI=1S/C14H26O/c1-4-6-7-8-9-10-11-14(3)13-15-12-5-2/h5H,2-4,6-13H2,1H3. The lowest BCUT2D eigenvalue weighted by molar-refractivity contribution is 0.184. The van der Waals surface area contributed by atoms with Gasteiger partial charge in [-0.25, -0.2) is 0 Å². The summed E-state index contributed by atoms with van der Waals surface area (Å²) in [5.74, 6) is 0. The summed E-state index contributed by atoms with van der Waals surface area (Å²) in [6.45, 7) is 11.2. The van der Waals surface area contributed by atoms with E-state index in [4.69, 9.17) is 4.74 Å². The molecule has 0 unspecified atom stereocenters. The number of ether oxygens (including phenoxy) is 1. The molecule has 1 heteroatoms.